The largest absolute Gasteiger partial charge is 0.462 e. The molecule has 1 aliphatic heterocycles. The van der Waals surface area contributed by atoms with E-state index in [4.69, 9.17) is 27.9 Å². The van der Waals surface area contributed by atoms with E-state index in [1.165, 1.54) is 4.90 Å². The molecule has 2 aromatic carbocycles. The molecule has 0 saturated carbocycles. The fourth-order valence-electron chi connectivity index (χ4n) is 3.03. The first-order chi connectivity index (χ1) is 13.4. The molecular weight excluding hydrogens is 399 g/mol. The number of allylic oxidation sites excluding steroid dienone is 1. The molecule has 0 radical (unpaired) electrons. The summed E-state index contributed by atoms with van der Waals surface area (Å²) >= 11 is 12.1. The number of carbonyl (C=O) groups is 2. The van der Waals surface area contributed by atoms with Crippen LogP contribution < -0.4 is 5.32 Å². The topological polar surface area (TPSA) is 58.6 Å². The van der Waals surface area contributed by atoms with Gasteiger partial charge in [0.25, 0.3) is 0 Å². The highest BCUT2D eigenvalue weighted by molar-refractivity contribution is 6.42. The zero-order valence-electron chi connectivity index (χ0n) is 15.5. The summed E-state index contributed by atoms with van der Waals surface area (Å²) in [6, 6.07) is 13.8. The Labute approximate surface area is 173 Å². The van der Waals surface area contributed by atoms with E-state index < -0.39 is 12.0 Å². The van der Waals surface area contributed by atoms with E-state index in [1.807, 2.05) is 30.3 Å². The van der Waals surface area contributed by atoms with Gasteiger partial charge in [-0.25, -0.2) is 9.59 Å². The molecule has 146 valence electrons. The number of nitrogens with zero attached hydrogens (tertiary/aromatic N) is 1. The average Bonchev–Trinajstić information content (AvgIpc) is 2.68. The van der Waals surface area contributed by atoms with Gasteiger partial charge in [0, 0.05) is 19.2 Å². The summed E-state index contributed by atoms with van der Waals surface area (Å²) in [5.41, 5.74) is 2.64. The summed E-state index contributed by atoms with van der Waals surface area (Å²) < 4.78 is 5.51. The van der Waals surface area contributed by atoms with Gasteiger partial charge in [-0.15, -0.1) is 0 Å². The lowest BCUT2D eigenvalue weighted by atomic mass is 9.95. The van der Waals surface area contributed by atoms with Crippen LogP contribution in [0.4, 0.5) is 4.79 Å². The summed E-state index contributed by atoms with van der Waals surface area (Å²) in [5, 5.41) is 3.57. The minimum absolute atomic E-state index is 0.241. The van der Waals surface area contributed by atoms with Crippen molar-refractivity contribution >= 4 is 35.2 Å². The van der Waals surface area contributed by atoms with E-state index in [9.17, 15) is 9.59 Å². The van der Waals surface area contributed by atoms with Crippen molar-refractivity contribution in [2.24, 2.45) is 0 Å². The number of benzene rings is 2. The normalized spacial score (nSPS) is 16.8. The molecule has 0 aromatic heterocycles. The van der Waals surface area contributed by atoms with E-state index in [1.54, 1.807) is 32.2 Å². The maximum absolute atomic E-state index is 12.9. The average molecular weight is 419 g/mol. The van der Waals surface area contributed by atoms with Gasteiger partial charge in [-0.2, -0.15) is 0 Å². The van der Waals surface area contributed by atoms with Gasteiger partial charge in [-0.05, 0) is 30.2 Å². The lowest BCUT2D eigenvalue weighted by Crippen LogP contribution is -2.46. The van der Waals surface area contributed by atoms with E-state index >= 15 is 0 Å². The van der Waals surface area contributed by atoms with Gasteiger partial charge in [-0.3, -0.25) is 0 Å². The number of halogens is 2. The van der Waals surface area contributed by atoms with Crippen LogP contribution >= 0.6 is 23.2 Å². The molecular formula is C21H20Cl2N2O3. The van der Waals surface area contributed by atoms with Crippen molar-refractivity contribution < 1.29 is 14.3 Å². The van der Waals surface area contributed by atoms with Crippen molar-refractivity contribution in [2.45, 2.75) is 19.4 Å². The minimum Gasteiger partial charge on any atom is -0.462 e. The van der Waals surface area contributed by atoms with E-state index in [2.05, 4.69) is 5.32 Å². The van der Waals surface area contributed by atoms with Crippen molar-refractivity contribution in [3.05, 3.63) is 81.0 Å². The van der Waals surface area contributed by atoms with Crippen LogP contribution in [0.15, 0.2) is 59.8 Å². The van der Waals surface area contributed by atoms with Gasteiger partial charge >= 0.3 is 12.0 Å². The second-order valence-electron chi connectivity index (χ2n) is 6.49. The molecule has 7 heteroatoms. The number of amides is 2. The summed E-state index contributed by atoms with van der Waals surface area (Å²) in [4.78, 5) is 26.5. The number of ether oxygens (including phenoxy) is 1. The highest BCUT2D eigenvalue weighted by Crippen LogP contribution is 2.33. The molecule has 0 bridgehead atoms. The second-order valence-corrected chi connectivity index (χ2v) is 7.30. The molecule has 1 heterocycles. The summed E-state index contributed by atoms with van der Waals surface area (Å²) in [5.74, 6) is -0.476. The Kier molecular flexibility index (Phi) is 6.27. The maximum Gasteiger partial charge on any atom is 0.338 e. The Bertz CT molecular complexity index is 929. The van der Waals surface area contributed by atoms with Crippen molar-refractivity contribution in [3.63, 3.8) is 0 Å². The van der Waals surface area contributed by atoms with E-state index in [0.717, 1.165) is 5.56 Å². The molecule has 3 rings (SSSR count). The summed E-state index contributed by atoms with van der Waals surface area (Å²) in [7, 11) is 1.60. The Morgan fingerprint density at radius 3 is 2.54 bits per heavy atom. The number of urea groups is 1. The third-order valence-corrected chi connectivity index (χ3v) is 5.46. The fourth-order valence-corrected chi connectivity index (χ4v) is 3.33. The minimum atomic E-state index is -0.664. The lowest BCUT2D eigenvalue weighted by Gasteiger charge is -2.33. The predicted octanol–water partition coefficient (Wildman–Crippen LogP) is 4.75. The first kappa shape index (κ1) is 20.2. The van der Waals surface area contributed by atoms with Gasteiger partial charge in [0.15, 0.2) is 0 Å². The zero-order valence-corrected chi connectivity index (χ0v) is 17.1. The van der Waals surface area contributed by atoms with Crippen LogP contribution in [0, 0.1) is 0 Å². The van der Waals surface area contributed by atoms with Gasteiger partial charge in [-0.1, -0.05) is 59.6 Å². The number of nitrogens with one attached hydrogen (secondary N) is 1. The Morgan fingerprint density at radius 2 is 1.86 bits per heavy atom. The second kappa shape index (κ2) is 8.67. The Balaban J connectivity index is 1.83. The number of hydrogen-bond donors (Lipinski definition) is 1. The molecule has 2 amide bonds. The van der Waals surface area contributed by atoms with Crippen molar-refractivity contribution in [2.75, 3.05) is 13.7 Å². The first-order valence-corrected chi connectivity index (χ1v) is 9.55. The SMILES string of the molecule is CC1=C(C(=O)OCCc2ccccc2)C(c2ccc(Cl)c(Cl)c2)NC(=O)N1C. The quantitative estimate of drug-likeness (QED) is 0.712. The van der Waals surface area contributed by atoms with Crippen LogP contribution in [0.1, 0.15) is 24.1 Å². The molecule has 0 aliphatic carbocycles. The molecule has 1 atom stereocenters. The Morgan fingerprint density at radius 1 is 1.14 bits per heavy atom. The molecule has 5 nitrogen and oxygen atoms in total. The highest BCUT2D eigenvalue weighted by Gasteiger charge is 2.35. The maximum atomic E-state index is 12.9. The molecule has 0 fully saturated rings. The van der Waals surface area contributed by atoms with Crippen LogP contribution in [-0.4, -0.2) is 30.6 Å². The monoisotopic (exact) mass is 418 g/mol. The van der Waals surface area contributed by atoms with Gasteiger partial charge in [0.1, 0.15) is 0 Å². The van der Waals surface area contributed by atoms with Crippen LogP contribution in [0.3, 0.4) is 0 Å². The van der Waals surface area contributed by atoms with Gasteiger partial charge in [0.05, 0.1) is 28.3 Å². The number of hydrogen-bond acceptors (Lipinski definition) is 3. The molecule has 0 saturated heterocycles. The molecule has 0 spiro atoms. The fraction of sp³-hybridized carbons (Fsp3) is 0.238. The third-order valence-electron chi connectivity index (χ3n) is 4.72. The van der Waals surface area contributed by atoms with Crippen molar-refractivity contribution in [1.29, 1.82) is 0 Å². The van der Waals surface area contributed by atoms with E-state index in [0.29, 0.717) is 33.3 Å². The highest BCUT2D eigenvalue weighted by atomic mass is 35.5. The number of esters is 1. The first-order valence-electron chi connectivity index (χ1n) is 8.79. The predicted molar refractivity (Wildman–Crippen MR) is 109 cm³/mol. The molecule has 2 aromatic rings. The van der Waals surface area contributed by atoms with Crippen LogP contribution in [0.25, 0.3) is 0 Å². The molecule has 1 N–H and O–H groups in total. The number of rotatable bonds is 5. The van der Waals surface area contributed by atoms with Gasteiger partial charge < -0.3 is 15.0 Å². The summed E-state index contributed by atoms with van der Waals surface area (Å²) in [6.45, 7) is 1.96. The summed E-state index contributed by atoms with van der Waals surface area (Å²) in [6.07, 6.45) is 0.610. The van der Waals surface area contributed by atoms with Crippen LogP contribution in [-0.2, 0) is 16.0 Å². The smallest absolute Gasteiger partial charge is 0.338 e. The molecule has 28 heavy (non-hydrogen) atoms. The Hall–Kier alpha value is -2.50. The third kappa shape index (κ3) is 4.32. The molecule has 1 aliphatic rings. The lowest BCUT2D eigenvalue weighted by molar-refractivity contribution is -0.139. The van der Waals surface area contributed by atoms with Crippen molar-refractivity contribution in [3.8, 4) is 0 Å². The van der Waals surface area contributed by atoms with Gasteiger partial charge in [0.2, 0.25) is 0 Å². The van der Waals surface area contributed by atoms with Crippen LogP contribution in [0.2, 0.25) is 10.0 Å². The standard InChI is InChI=1S/C21H20Cl2N2O3/c1-13-18(20(26)28-11-10-14-6-4-3-5-7-14)19(24-21(27)25(13)2)15-8-9-16(22)17(23)12-15/h3-9,12,19H,10-11H2,1-2H3,(H,24,27). The van der Waals surface area contributed by atoms with E-state index in [-0.39, 0.29) is 12.6 Å². The van der Waals surface area contributed by atoms with Crippen LogP contribution in [0.5, 0.6) is 0 Å². The number of carbonyl (C=O) groups excluding carboxylic acids is 2. The zero-order chi connectivity index (χ0) is 20.3. The van der Waals surface area contributed by atoms with Crippen molar-refractivity contribution in [1.82, 2.24) is 10.2 Å². The molecule has 1 unspecified atom stereocenters.